The summed E-state index contributed by atoms with van der Waals surface area (Å²) >= 11 is 0. The third-order valence-corrected chi connectivity index (χ3v) is 14.7. The van der Waals surface area contributed by atoms with E-state index in [1.54, 1.807) is 43.5 Å². The molecule has 0 spiro atoms. The second-order valence-corrected chi connectivity index (χ2v) is 21.1. The number of carboxylic acids is 1. The zero-order valence-corrected chi connectivity index (χ0v) is 40.0. The maximum atomic E-state index is 13.2. The molecule has 20 heteroatoms. The van der Waals surface area contributed by atoms with Crippen molar-refractivity contribution in [2.24, 2.45) is 0 Å². The maximum Gasteiger partial charge on any atom is 0.303 e. The Balaban J connectivity index is 1.73. The lowest BCUT2D eigenvalue weighted by molar-refractivity contribution is -0.438. The van der Waals surface area contributed by atoms with Crippen LogP contribution < -0.4 is 10.2 Å². The van der Waals surface area contributed by atoms with Crippen molar-refractivity contribution in [2.45, 2.75) is 80.9 Å². The molecule has 2 atom stereocenters. The number of hydrogen-bond acceptors (Lipinski definition) is 12. The molecule has 2 aromatic rings. The second-order valence-electron chi connectivity index (χ2n) is 16.3. The fourth-order valence-electron chi connectivity index (χ4n) is 8.45. The number of carbonyl (C=O) groups is 2. The zero-order valence-electron chi connectivity index (χ0n) is 37.6. The first-order chi connectivity index (χ1) is 30.6. The van der Waals surface area contributed by atoms with E-state index < -0.39 is 52.9 Å². The fourth-order valence-corrected chi connectivity index (χ4v) is 10.1. The zero-order chi connectivity index (χ0) is 48.1. The number of aliphatic carboxylic acids is 1. The van der Waals surface area contributed by atoms with Gasteiger partial charge in [-0.2, -0.15) is 29.8 Å². The molecule has 1 amide bonds. The Morgan fingerprint density at radius 1 is 0.785 bits per heavy atom. The van der Waals surface area contributed by atoms with Crippen molar-refractivity contribution < 1.29 is 67.3 Å². The molecule has 2 aromatic carbocycles. The first kappa shape index (κ1) is 53.1. The number of carbonyl (C=O) groups excluding carboxylic acids is 1. The van der Waals surface area contributed by atoms with Gasteiger partial charge >= 0.3 is 5.97 Å². The highest BCUT2D eigenvalue weighted by molar-refractivity contribution is 7.86. The van der Waals surface area contributed by atoms with Crippen LogP contribution in [-0.2, 0) is 59.6 Å². The maximum absolute atomic E-state index is 13.2. The SMILES string of the molecule is COCCNC(=O)c1ccc2c(c1)C(C)(CCCS(=O)(=O)O)C(C=CC=CC=CC=C1N(CCOC)c3ccc(S(=O)(=O)O)cc3C1(C)CCCS(=O)(=O)OC)=[N+]2CCCCCC(=O)O. The molecule has 4 rings (SSSR count). The summed E-state index contributed by atoms with van der Waals surface area (Å²) in [4.78, 5) is 26.1. The first-order valence-electron chi connectivity index (χ1n) is 21.2. The normalized spacial score (nSPS) is 19.6. The minimum Gasteiger partial charge on any atom is -0.481 e. The number of amides is 1. The van der Waals surface area contributed by atoms with Crippen molar-refractivity contribution in [3.8, 4) is 0 Å². The number of allylic oxidation sites excluding steroid dienone is 8. The Morgan fingerprint density at radius 3 is 2.12 bits per heavy atom. The van der Waals surface area contributed by atoms with Gasteiger partial charge in [0.25, 0.3) is 36.3 Å². The van der Waals surface area contributed by atoms with E-state index in [9.17, 15) is 49.1 Å². The third-order valence-electron chi connectivity index (χ3n) is 11.7. The summed E-state index contributed by atoms with van der Waals surface area (Å²) in [6.07, 6.45) is 15.6. The molecule has 0 fully saturated rings. The van der Waals surface area contributed by atoms with Crippen molar-refractivity contribution in [3.63, 3.8) is 0 Å². The summed E-state index contributed by atoms with van der Waals surface area (Å²) in [6, 6.07) is 9.73. The lowest BCUT2D eigenvalue weighted by atomic mass is 9.75. The van der Waals surface area contributed by atoms with Crippen molar-refractivity contribution in [3.05, 3.63) is 101 Å². The van der Waals surface area contributed by atoms with Crippen LogP contribution in [0.25, 0.3) is 0 Å². The molecule has 4 N–H and O–H groups in total. The molecular weight excluding hydrogens is 903 g/mol. The summed E-state index contributed by atoms with van der Waals surface area (Å²) in [5.41, 5.74) is 3.18. The lowest BCUT2D eigenvalue weighted by Gasteiger charge is -2.30. The van der Waals surface area contributed by atoms with Crippen LogP contribution in [0, 0.1) is 0 Å². The van der Waals surface area contributed by atoms with Crippen molar-refractivity contribution in [1.29, 1.82) is 0 Å². The van der Waals surface area contributed by atoms with E-state index in [1.807, 2.05) is 49.1 Å². The molecule has 65 heavy (non-hydrogen) atoms. The van der Waals surface area contributed by atoms with Gasteiger partial charge in [0.05, 0.1) is 42.1 Å². The summed E-state index contributed by atoms with van der Waals surface area (Å²) in [6.45, 7) is 5.71. The molecule has 2 aliphatic rings. The number of carboxylic acid groups (broad SMARTS) is 1. The molecular formula is C45H62N3O14S3+. The van der Waals surface area contributed by atoms with Gasteiger partial charge in [0.15, 0.2) is 5.71 Å². The van der Waals surface area contributed by atoms with Gasteiger partial charge in [-0.3, -0.25) is 22.9 Å². The largest absolute Gasteiger partial charge is 0.481 e. The summed E-state index contributed by atoms with van der Waals surface area (Å²) < 4.78 is 109. The van der Waals surface area contributed by atoms with E-state index in [2.05, 4.69) is 14.1 Å². The quantitative estimate of drug-likeness (QED) is 0.0276. The highest BCUT2D eigenvalue weighted by Crippen LogP contribution is 2.51. The van der Waals surface area contributed by atoms with Crippen LogP contribution >= 0.6 is 0 Å². The minimum atomic E-state index is -4.55. The monoisotopic (exact) mass is 964 g/mol. The van der Waals surface area contributed by atoms with Gasteiger partial charge in [0, 0.05) is 80.2 Å². The summed E-state index contributed by atoms with van der Waals surface area (Å²) in [7, 11) is -8.41. The Bertz CT molecular complexity index is 2530. The average molecular weight is 965 g/mol. The van der Waals surface area contributed by atoms with E-state index >= 15 is 0 Å². The van der Waals surface area contributed by atoms with Crippen molar-refractivity contribution in [2.75, 3.05) is 70.6 Å². The molecule has 0 aliphatic carbocycles. The number of ether oxygens (including phenoxy) is 2. The van der Waals surface area contributed by atoms with Gasteiger partial charge in [-0.1, -0.05) is 30.4 Å². The molecule has 2 heterocycles. The molecule has 17 nitrogen and oxygen atoms in total. The number of unbranched alkanes of at least 4 members (excludes halogenated alkanes) is 2. The molecule has 358 valence electrons. The van der Waals surface area contributed by atoms with Crippen LogP contribution in [0.2, 0.25) is 0 Å². The fraction of sp³-hybridized carbons (Fsp3) is 0.489. The minimum absolute atomic E-state index is 0.0436. The Labute approximate surface area is 383 Å². The van der Waals surface area contributed by atoms with Gasteiger partial charge in [-0.15, -0.1) is 0 Å². The molecule has 2 unspecified atom stereocenters. The second kappa shape index (κ2) is 23.3. The first-order valence-corrected chi connectivity index (χ1v) is 25.9. The van der Waals surface area contributed by atoms with E-state index in [1.165, 1.54) is 19.2 Å². The van der Waals surface area contributed by atoms with Crippen molar-refractivity contribution in [1.82, 2.24) is 5.32 Å². The third kappa shape index (κ3) is 14.2. The van der Waals surface area contributed by atoms with Gasteiger partial charge < -0.3 is 24.8 Å². The standard InChI is InChI=1S/C45H61N3O14S3/c1-44(23-14-30-63(52,53)54)36-32-34(43(51)46-25-28-60-3)19-21-38(36)47(26-13-9-12-18-42(49)50)40(44)16-10-7-6-8-11-17-41-45(2,24-15-31-64(55,56)62-5)37-33-35(65(57,58)59)20-22-39(37)48(41)27-29-61-4/h6-8,10-11,16-17,19-22,32-33H,9,12-15,18,23-31H2,1-5H3,(H3-,46,49,50,51,52,53,54,57,58,59)/p+1. The van der Waals surface area contributed by atoms with E-state index in [4.69, 9.17) is 9.47 Å². The number of benzene rings is 2. The van der Waals surface area contributed by atoms with E-state index in [0.29, 0.717) is 81.8 Å². The molecule has 2 aliphatic heterocycles. The highest BCUT2D eigenvalue weighted by Gasteiger charge is 2.48. The van der Waals surface area contributed by atoms with Crippen LogP contribution in [0.4, 0.5) is 11.4 Å². The number of nitrogens with one attached hydrogen (secondary N) is 1. The Kier molecular flexibility index (Phi) is 19.0. The van der Waals surface area contributed by atoms with Gasteiger partial charge in [0.1, 0.15) is 6.54 Å². The Morgan fingerprint density at radius 2 is 1.46 bits per heavy atom. The predicted octanol–water partition coefficient (Wildman–Crippen LogP) is 5.71. The predicted molar refractivity (Wildman–Crippen MR) is 248 cm³/mol. The number of fused-ring (bicyclic) bond motifs is 2. The number of anilines is 1. The van der Waals surface area contributed by atoms with Crippen LogP contribution in [0.3, 0.4) is 0 Å². The van der Waals surface area contributed by atoms with Crippen LogP contribution in [0.15, 0.2) is 89.5 Å². The smallest absolute Gasteiger partial charge is 0.303 e. The van der Waals surface area contributed by atoms with Crippen LogP contribution in [0.5, 0.6) is 0 Å². The van der Waals surface area contributed by atoms with Crippen LogP contribution in [-0.4, -0.2) is 127 Å². The van der Waals surface area contributed by atoms with E-state index in [-0.39, 0.29) is 35.8 Å². The molecule has 0 saturated carbocycles. The number of hydrogen-bond donors (Lipinski definition) is 4. The number of rotatable bonds is 27. The van der Waals surface area contributed by atoms with E-state index in [0.717, 1.165) is 29.8 Å². The highest BCUT2D eigenvalue weighted by atomic mass is 32.2. The van der Waals surface area contributed by atoms with Gasteiger partial charge in [0.2, 0.25) is 5.69 Å². The lowest BCUT2D eigenvalue weighted by Crippen LogP contribution is -2.32. The molecule has 0 saturated heterocycles. The number of nitrogens with zero attached hydrogens (tertiary/aromatic N) is 2. The topological polar surface area (TPSA) is 243 Å². The average Bonchev–Trinajstić information content (AvgIpc) is 3.60. The summed E-state index contributed by atoms with van der Waals surface area (Å²) in [5.74, 6) is -1.89. The Hall–Kier alpha value is -4.54. The molecule has 0 bridgehead atoms. The number of methoxy groups -OCH3 is 2. The van der Waals surface area contributed by atoms with Crippen molar-refractivity contribution >= 4 is 59.3 Å². The van der Waals surface area contributed by atoms with Gasteiger partial charge in [-0.25, -0.2) is 0 Å². The molecule has 0 aromatic heterocycles. The molecule has 0 radical (unpaired) electrons. The summed E-state index contributed by atoms with van der Waals surface area (Å²) in [5, 5.41) is 12.0. The van der Waals surface area contributed by atoms with Crippen LogP contribution in [0.1, 0.15) is 86.7 Å². The van der Waals surface area contributed by atoms with Gasteiger partial charge in [-0.05, 0) is 94.3 Å².